The smallest absolute Gasteiger partial charge is 0.251 e. The van der Waals surface area contributed by atoms with Crippen molar-refractivity contribution in [2.24, 2.45) is 5.73 Å². The highest BCUT2D eigenvalue weighted by Gasteiger charge is 2.16. The third-order valence-corrected chi connectivity index (χ3v) is 2.44. The highest BCUT2D eigenvalue weighted by molar-refractivity contribution is 5.95. The molecule has 0 saturated carbocycles. The molecule has 0 bridgehead atoms. The van der Waals surface area contributed by atoms with E-state index in [0.29, 0.717) is 0 Å². The summed E-state index contributed by atoms with van der Waals surface area (Å²) < 4.78 is 26.9. The van der Waals surface area contributed by atoms with E-state index in [1.807, 2.05) is 0 Å². The first-order valence-corrected chi connectivity index (χ1v) is 5.61. The van der Waals surface area contributed by atoms with Gasteiger partial charge in [-0.1, -0.05) is 0 Å². The van der Waals surface area contributed by atoms with Crippen LogP contribution in [0.5, 0.6) is 0 Å². The maximum atomic E-state index is 13.5. The fourth-order valence-corrected chi connectivity index (χ4v) is 1.60. The molecule has 1 unspecified atom stereocenters. The van der Waals surface area contributed by atoms with Crippen molar-refractivity contribution >= 4 is 17.5 Å². The van der Waals surface area contributed by atoms with E-state index in [1.54, 1.807) is 6.92 Å². The molecular weight excluding hydrogens is 256 g/mol. The fourth-order valence-electron chi connectivity index (χ4n) is 1.60. The molecule has 0 aromatic heterocycles. The van der Waals surface area contributed by atoms with Crippen LogP contribution in [0.25, 0.3) is 0 Å². The lowest BCUT2D eigenvalue weighted by Gasteiger charge is -2.13. The normalized spacial score (nSPS) is 11.8. The molecule has 0 aliphatic carbocycles. The number of rotatable bonds is 5. The summed E-state index contributed by atoms with van der Waals surface area (Å²) in [6.07, 6.45) is -0.0503. The molecule has 1 aromatic carbocycles. The van der Waals surface area contributed by atoms with E-state index in [0.717, 1.165) is 12.1 Å². The van der Waals surface area contributed by atoms with Crippen molar-refractivity contribution in [1.29, 1.82) is 0 Å². The van der Waals surface area contributed by atoms with Gasteiger partial charge in [0.25, 0.3) is 5.91 Å². The van der Waals surface area contributed by atoms with Crippen molar-refractivity contribution in [3.8, 4) is 0 Å². The van der Waals surface area contributed by atoms with E-state index < -0.39 is 29.5 Å². The van der Waals surface area contributed by atoms with Gasteiger partial charge in [0, 0.05) is 25.1 Å². The number of amides is 2. The predicted molar refractivity (Wildman–Crippen MR) is 66.6 cm³/mol. The minimum absolute atomic E-state index is 0.0503. The predicted octanol–water partition coefficient (Wildman–Crippen LogP) is 1.00. The van der Waals surface area contributed by atoms with Crippen LogP contribution in [-0.2, 0) is 4.79 Å². The van der Waals surface area contributed by atoms with Crippen LogP contribution in [0.15, 0.2) is 12.1 Å². The van der Waals surface area contributed by atoms with Crippen molar-refractivity contribution in [2.75, 3.05) is 12.4 Å². The SMILES string of the molecule is CNc1c(F)cc(C(=O)NC(C)CC(N)=O)cc1F. The van der Waals surface area contributed by atoms with Gasteiger partial charge in [0.1, 0.15) is 17.3 Å². The van der Waals surface area contributed by atoms with E-state index in [2.05, 4.69) is 10.6 Å². The van der Waals surface area contributed by atoms with Crippen LogP contribution in [0.2, 0.25) is 0 Å². The van der Waals surface area contributed by atoms with Crippen molar-refractivity contribution in [1.82, 2.24) is 5.32 Å². The molecule has 0 spiro atoms. The van der Waals surface area contributed by atoms with Gasteiger partial charge in [-0.2, -0.15) is 0 Å². The number of anilines is 1. The molecule has 7 heteroatoms. The maximum Gasteiger partial charge on any atom is 0.251 e. The summed E-state index contributed by atoms with van der Waals surface area (Å²) in [7, 11) is 1.37. The van der Waals surface area contributed by atoms with Crippen molar-refractivity contribution < 1.29 is 18.4 Å². The number of benzene rings is 1. The van der Waals surface area contributed by atoms with Crippen LogP contribution in [0.4, 0.5) is 14.5 Å². The number of carbonyl (C=O) groups excluding carboxylic acids is 2. The molecule has 1 atom stereocenters. The highest BCUT2D eigenvalue weighted by Crippen LogP contribution is 2.20. The third-order valence-electron chi connectivity index (χ3n) is 2.44. The van der Waals surface area contributed by atoms with E-state index in [1.165, 1.54) is 7.05 Å². The number of hydrogen-bond acceptors (Lipinski definition) is 3. The Hall–Kier alpha value is -2.18. The van der Waals surface area contributed by atoms with Crippen molar-refractivity contribution in [3.63, 3.8) is 0 Å². The van der Waals surface area contributed by atoms with Gasteiger partial charge < -0.3 is 16.4 Å². The minimum atomic E-state index is -0.866. The number of carbonyl (C=O) groups is 2. The number of hydrogen-bond donors (Lipinski definition) is 3. The Labute approximate surface area is 109 Å². The summed E-state index contributed by atoms with van der Waals surface area (Å²) in [5.74, 6) is -2.98. The molecule has 19 heavy (non-hydrogen) atoms. The van der Waals surface area contributed by atoms with Gasteiger partial charge in [-0.25, -0.2) is 8.78 Å². The summed E-state index contributed by atoms with van der Waals surface area (Å²) in [4.78, 5) is 22.4. The van der Waals surface area contributed by atoms with E-state index in [4.69, 9.17) is 5.73 Å². The van der Waals surface area contributed by atoms with Crippen molar-refractivity contribution in [3.05, 3.63) is 29.3 Å². The lowest BCUT2D eigenvalue weighted by molar-refractivity contribution is -0.118. The van der Waals surface area contributed by atoms with Gasteiger partial charge in [0.15, 0.2) is 0 Å². The third kappa shape index (κ3) is 3.90. The Bertz CT molecular complexity index is 483. The second kappa shape index (κ2) is 6.12. The molecule has 1 rings (SSSR count). The fraction of sp³-hybridized carbons (Fsp3) is 0.333. The number of nitrogens with two attached hydrogens (primary N) is 1. The molecule has 0 saturated heterocycles. The summed E-state index contributed by atoms with van der Waals surface area (Å²) in [5, 5.41) is 4.78. The van der Waals surface area contributed by atoms with Crippen molar-refractivity contribution in [2.45, 2.75) is 19.4 Å². The largest absolute Gasteiger partial charge is 0.383 e. The average molecular weight is 271 g/mol. The second-order valence-electron chi connectivity index (χ2n) is 4.11. The summed E-state index contributed by atoms with van der Waals surface area (Å²) in [6, 6.07) is 1.32. The van der Waals surface area contributed by atoms with Crippen LogP contribution < -0.4 is 16.4 Å². The van der Waals surface area contributed by atoms with E-state index >= 15 is 0 Å². The Morgan fingerprint density at radius 2 is 1.84 bits per heavy atom. The standard InChI is InChI=1S/C12H15F2N3O2/c1-6(3-10(15)18)17-12(19)7-4-8(13)11(16-2)9(14)5-7/h4-6,16H,3H2,1-2H3,(H2,15,18)(H,17,19). The number of primary amides is 1. The van der Waals surface area contributed by atoms with Gasteiger partial charge >= 0.3 is 0 Å². The summed E-state index contributed by atoms with van der Waals surface area (Å²) >= 11 is 0. The monoisotopic (exact) mass is 271 g/mol. The molecule has 0 aliphatic rings. The van der Waals surface area contributed by atoms with Crippen LogP contribution in [-0.4, -0.2) is 24.9 Å². The zero-order chi connectivity index (χ0) is 14.6. The van der Waals surface area contributed by atoms with Gasteiger partial charge in [-0.3, -0.25) is 9.59 Å². The zero-order valence-electron chi connectivity index (χ0n) is 10.6. The Kier molecular flexibility index (Phi) is 4.80. The van der Waals surface area contributed by atoms with E-state index in [9.17, 15) is 18.4 Å². The minimum Gasteiger partial charge on any atom is -0.383 e. The molecule has 0 heterocycles. The van der Waals surface area contributed by atoms with Gasteiger partial charge in [0.05, 0.1) is 0 Å². The zero-order valence-corrected chi connectivity index (χ0v) is 10.6. The lowest BCUT2D eigenvalue weighted by atomic mass is 10.1. The quantitative estimate of drug-likeness (QED) is 0.747. The van der Waals surface area contributed by atoms with Gasteiger partial charge in [-0.15, -0.1) is 0 Å². The summed E-state index contributed by atoms with van der Waals surface area (Å²) in [6.45, 7) is 1.57. The van der Waals surface area contributed by atoms with Crippen LogP contribution in [0, 0.1) is 11.6 Å². The first kappa shape index (κ1) is 14.9. The topological polar surface area (TPSA) is 84.2 Å². The van der Waals surface area contributed by atoms with Gasteiger partial charge in [-0.05, 0) is 19.1 Å². The Morgan fingerprint density at radius 3 is 2.26 bits per heavy atom. The molecular formula is C12H15F2N3O2. The first-order valence-electron chi connectivity index (χ1n) is 5.61. The molecule has 0 radical (unpaired) electrons. The van der Waals surface area contributed by atoms with Crippen LogP contribution in [0.3, 0.4) is 0 Å². The maximum absolute atomic E-state index is 13.5. The Morgan fingerprint density at radius 1 is 1.32 bits per heavy atom. The van der Waals surface area contributed by atoms with Crippen LogP contribution in [0.1, 0.15) is 23.7 Å². The molecule has 5 nitrogen and oxygen atoms in total. The molecule has 104 valence electrons. The molecule has 2 amide bonds. The van der Waals surface area contributed by atoms with Crippen LogP contribution >= 0.6 is 0 Å². The Balaban J connectivity index is 2.86. The number of halogens is 2. The second-order valence-corrected chi connectivity index (χ2v) is 4.11. The first-order chi connectivity index (χ1) is 8.85. The molecule has 0 fully saturated rings. The van der Waals surface area contributed by atoms with E-state index in [-0.39, 0.29) is 17.7 Å². The summed E-state index contributed by atoms with van der Waals surface area (Å²) in [5.41, 5.74) is 4.51. The lowest BCUT2D eigenvalue weighted by Crippen LogP contribution is -2.35. The molecule has 4 N–H and O–H groups in total. The highest BCUT2D eigenvalue weighted by atomic mass is 19.1. The number of nitrogens with one attached hydrogen (secondary N) is 2. The van der Waals surface area contributed by atoms with Gasteiger partial charge in [0.2, 0.25) is 5.91 Å². The molecule has 1 aromatic rings. The molecule has 0 aliphatic heterocycles. The average Bonchev–Trinajstić information content (AvgIpc) is 2.26.